The number of carboxylic acids is 1. The monoisotopic (exact) mass is 549 g/mol. The van der Waals surface area contributed by atoms with Gasteiger partial charge in [0.15, 0.2) is 0 Å². The van der Waals surface area contributed by atoms with Crippen LogP contribution in [0.25, 0.3) is 11.1 Å². The minimum atomic E-state index is -0.732. The quantitative estimate of drug-likeness (QED) is 0.285. The van der Waals surface area contributed by atoms with Crippen LogP contribution in [0.15, 0.2) is 66.7 Å². The van der Waals surface area contributed by atoms with Gasteiger partial charge in [-0.1, -0.05) is 30.3 Å². The molecule has 1 aliphatic heterocycles. The molecule has 3 aromatic carbocycles. The van der Waals surface area contributed by atoms with Crippen LogP contribution in [0.4, 0.5) is 5.69 Å². The third-order valence-corrected chi connectivity index (χ3v) is 7.91. The summed E-state index contributed by atoms with van der Waals surface area (Å²) < 4.78 is 17.4. The SMILES string of the molecule is COc1ccc(-c2ccccc2OC)c(N2CCC(COc3cccc([C@@H](CC(=O)O)C4CC4)c3)CC2)c1.S. The van der Waals surface area contributed by atoms with Crippen LogP contribution in [-0.4, -0.2) is 45.0 Å². The third kappa shape index (κ3) is 7.01. The number of para-hydroxylation sites is 1. The number of benzene rings is 3. The van der Waals surface area contributed by atoms with E-state index in [1.54, 1.807) is 14.2 Å². The van der Waals surface area contributed by atoms with Crippen molar-refractivity contribution in [3.63, 3.8) is 0 Å². The zero-order valence-electron chi connectivity index (χ0n) is 22.8. The molecule has 1 saturated carbocycles. The summed E-state index contributed by atoms with van der Waals surface area (Å²) in [6.45, 7) is 2.54. The Labute approximate surface area is 238 Å². The number of hydrogen-bond acceptors (Lipinski definition) is 5. The van der Waals surface area contributed by atoms with Crippen molar-refractivity contribution in [2.45, 2.75) is 38.0 Å². The number of methoxy groups -OCH3 is 2. The third-order valence-electron chi connectivity index (χ3n) is 7.91. The average molecular weight is 550 g/mol. The predicted molar refractivity (Wildman–Crippen MR) is 160 cm³/mol. The Balaban J connectivity index is 0.00000353. The largest absolute Gasteiger partial charge is 0.497 e. The molecule has 7 heteroatoms. The number of carboxylic acid groups (broad SMARTS) is 1. The van der Waals surface area contributed by atoms with Gasteiger partial charge in [0.05, 0.1) is 27.2 Å². The molecule has 39 heavy (non-hydrogen) atoms. The molecule has 2 aliphatic rings. The molecule has 0 radical (unpaired) electrons. The van der Waals surface area contributed by atoms with E-state index in [2.05, 4.69) is 29.2 Å². The standard InChI is InChI=1S/C32H37NO5.H2S/c1-36-25-12-13-27(28-8-3-4-9-31(28)37-2)30(19-25)33-16-14-22(15-17-33)21-38-26-7-5-6-24(18-26)29(20-32(34)35)23-10-11-23;/h3-9,12-13,18-19,22-23,29H,10-11,14-17,20-21H2,1-2H3,(H,34,35);1H2/t29-;/m0./s1. The lowest BCUT2D eigenvalue weighted by atomic mass is 9.91. The lowest BCUT2D eigenvalue weighted by Crippen LogP contribution is -2.35. The average Bonchev–Trinajstić information content (AvgIpc) is 3.80. The fraction of sp³-hybridized carbons (Fsp3) is 0.406. The van der Waals surface area contributed by atoms with Crippen LogP contribution in [-0.2, 0) is 4.79 Å². The van der Waals surface area contributed by atoms with E-state index in [4.69, 9.17) is 14.2 Å². The number of anilines is 1. The molecule has 5 rings (SSSR count). The molecule has 1 saturated heterocycles. The minimum Gasteiger partial charge on any atom is -0.497 e. The van der Waals surface area contributed by atoms with Gasteiger partial charge < -0.3 is 24.2 Å². The molecule has 208 valence electrons. The topological polar surface area (TPSA) is 68.2 Å². The van der Waals surface area contributed by atoms with E-state index in [0.29, 0.717) is 18.4 Å². The van der Waals surface area contributed by atoms with Crippen molar-refractivity contribution in [1.82, 2.24) is 0 Å². The van der Waals surface area contributed by atoms with Gasteiger partial charge in [0.1, 0.15) is 17.2 Å². The van der Waals surface area contributed by atoms with E-state index < -0.39 is 5.97 Å². The van der Waals surface area contributed by atoms with Crippen LogP contribution < -0.4 is 19.1 Å². The molecule has 1 aliphatic carbocycles. The van der Waals surface area contributed by atoms with Crippen molar-refractivity contribution in [3.8, 4) is 28.4 Å². The van der Waals surface area contributed by atoms with Gasteiger partial charge in [-0.15, -0.1) is 0 Å². The highest BCUT2D eigenvalue weighted by Crippen LogP contribution is 2.45. The van der Waals surface area contributed by atoms with Gasteiger partial charge in [-0.2, -0.15) is 13.5 Å². The molecule has 0 amide bonds. The number of rotatable bonds is 11. The maximum Gasteiger partial charge on any atom is 0.303 e. The number of ether oxygens (including phenoxy) is 3. The maximum absolute atomic E-state index is 11.4. The van der Waals surface area contributed by atoms with E-state index in [0.717, 1.165) is 78.4 Å². The molecule has 6 nitrogen and oxygen atoms in total. The summed E-state index contributed by atoms with van der Waals surface area (Å²) in [6.07, 6.45) is 4.49. The first-order chi connectivity index (χ1) is 18.6. The first kappa shape index (κ1) is 28.7. The molecular formula is C32H39NO5S. The summed E-state index contributed by atoms with van der Waals surface area (Å²) in [7, 11) is 3.41. The van der Waals surface area contributed by atoms with Gasteiger partial charge in [0, 0.05) is 36.0 Å². The Kier molecular flexibility index (Phi) is 9.68. The Morgan fingerprint density at radius 3 is 2.36 bits per heavy atom. The number of nitrogens with zero attached hydrogens (tertiary/aromatic N) is 1. The Morgan fingerprint density at radius 2 is 1.67 bits per heavy atom. The summed E-state index contributed by atoms with van der Waals surface area (Å²) in [4.78, 5) is 13.8. The lowest BCUT2D eigenvalue weighted by Gasteiger charge is -2.35. The highest BCUT2D eigenvalue weighted by Gasteiger charge is 2.34. The molecule has 1 N–H and O–H groups in total. The van der Waals surface area contributed by atoms with Crippen LogP contribution in [0.1, 0.15) is 43.6 Å². The van der Waals surface area contributed by atoms with Gasteiger partial charge >= 0.3 is 5.97 Å². The normalized spacial score (nSPS) is 16.2. The Hall–Kier alpha value is -3.32. The molecule has 3 aromatic rings. The summed E-state index contributed by atoms with van der Waals surface area (Å²) in [5, 5.41) is 9.36. The second-order valence-electron chi connectivity index (χ2n) is 10.4. The Morgan fingerprint density at radius 1 is 0.897 bits per heavy atom. The van der Waals surface area contributed by atoms with Crippen molar-refractivity contribution >= 4 is 25.2 Å². The fourth-order valence-electron chi connectivity index (χ4n) is 5.63. The highest BCUT2D eigenvalue weighted by molar-refractivity contribution is 7.59. The van der Waals surface area contributed by atoms with E-state index in [1.807, 2.05) is 42.5 Å². The number of aliphatic carboxylic acids is 1. The minimum absolute atomic E-state index is 0. The summed E-state index contributed by atoms with van der Waals surface area (Å²) in [6, 6.07) is 22.5. The second-order valence-corrected chi connectivity index (χ2v) is 10.4. The van der Waals surface area contributed by atoms with E-state index in [-0.39, 0.29) is 25.8 Å². The highest BCUT2D eigenvalue weighted by atomic mass is 32.1. The summed E-state index contributed by atoms with van der Waals surface area (Å²) in [5.41, 5.74) is 4.46. The number of piperidine rings is 1. The van der Waals surface area contributed by atoms with Crippen molar-refractivity contribution in [2.24, 2.45) is 11.8 Å². The lowest BCUT2D eigenvalue weighted by molar-refractivity contribution is -0.137. The van der Waals surface area contributed by atoms with Crippen LogP contribution in [0.2, 0.25) is 0 Å². The maximum atomic E-state index is 11.4. The molecule has 0 unspecified atom stereocenters. The van der Waals surface area contributed by atoms with Gasteiger partial charge in [-0.3, -0.25) is 4.79 Å². The summed E-state index contributed by atoms with van der Waals surface area (Å²) >= 11 is 0. The number of carbonyl (C=O) groups is 1. The van der Waals surface area contributed by atoms with Crippen LogP contribution in [0, 0.1) is 11.8 Å². The molecule has 0 spiro atoms. The van der Waals surface area contributed by atoms with Crippen molar-refractivity contribution in [2.75, 3.05) is 38.8 Å². The zero-order chi connectivity index (χ0) is 26.5. The van der Waals surface area contributed by atoms with Crippen LogP contribution in [0.3, 0.4) is 0 Å². The zero-order valence-corrected chi connectivity index (χ0v) is 23.8. The molecule has 1 atom stereocenters. The molecule has 0 bridgehead atoms. The molecule has 2 fully saturated rings. The van der Waals surface area contributed by atoms with Crippen LogP contribution >= 0.6 is 13.5 Å². The van der Waals surface area contributed by atoms with E-state index in [1.165, 1.54) is 0 Å². The van der Waals surface area contributed by atoms with Gasteiger partial charge in [-0.25, -0.2) is 0 Å². The first-order valence-electron chi connectivity index (χ1n) is 13.6. The first-order valence-corrected chi connectivity index (χ1v) is 13.6. The molecular weight excluding hydrogens is 510 g/mol. The van der Waals surface area contributed by atoms with Crippen molar-refractivity contribution in [1.29, 1.82) is 0 Å². The second kappa shape index (κ2) is 13.2. The van der Waals surface area contributed by atoms with Crippen molar-refractivity contribution in [3.05, 3.63) is 72.3 Å². The number of hydrogen-bond donors (Lipinski definition) is 1. The van der Waals surface area contributed by atoms with E-state index in [9.17, 15) is 9.90 Å². The van der Waals surface area contributed by atoms with E-state index >= 15 is 0 Å². The molecule has 0 aromatic heterocycles. The van der Waals surface area contributed by atoms with Crippen LogP contribution in [0.5, 0.6) is 17.2 Å². The van der Waals surface area contributed by atoms with Gasteiger partial charge in [0.25, 0.3) is 0 Å². The predicted octanol–water partition coefficient (Wildman–Crippen LogP) is 6.75. The van der Waals surface area contributed by atoms with Crippen molar-refractivity contribution < 1.29 is 24.1 Å². The van der Waals surface area contributed by atoms with Gasteiger partial charge in [0.2, 0.25) is 0 Å². The van der Waals surface area contributed by atoms with Gasteiger partial charge in [-0.05, 0) is 79.3 Å². The summed E-state index contributed by atoms with van der Waals surface area (Å²) in [5.74, 6) is 2.85. The fourth-order valence-corrected chi connectivity index (χ4v) is 5.63. The Bertz CT molecular complexity index is 1250. The molecule has 1 heterocycles. The smallest absolute Gasteiger partial charge is 0.303 e.